The Morgan fingerprint density at radius 2 is 1.80 bits per heavy atom. The van der Waals surface area contributed by atoms with Crippen LogP contribution in [-0.2, 0) is 0 Å². The Labute approximate surface area is 122 Å². The van der Waals surface area contributed by atoms with Crippen LogP contribution in [0.5, 0.6) is 0 Å². The Morgan fingerprint density at radius 3 is 2.50 bits per heavy atom. The number of hydrogen-bond acceptors (Lipinski definition) is 3. The van der Waals surface area contributed by atoms with Gasteiger partial charge in [-0.2, -0.15) is 0 Å². The monoisotopic (exact) mass is 283 g/mol. The van der Waals surface area contributed by atoms with Crippen LogP contribution in [0.4, 0.5) is 5.82 Å². The average Bonchev–Trinajstić information content (AvgIpc) is 2.46. The van der Waals surface area contributed by atoms with E-state index in [4.69, 9.17) is 17.4 Å². The number of anilines is 1. The van der Waals surface area contributed by atoms with Gasteiger partial charge in [0.05, 0.1) is 5.52 Å². The average molecular weight is 284 g/mol. The van der Waals surface area contributed by atoms with E-state index >= 15 is 0 Å². The van der Waals surface area contributed by atoms with E-state index < -0.39 is 0 Å². The molecule has 20 heavy (non-hydrogen) atoms. The van der Waals surface area contributed by atoms with Crippen LogP contribution in [0.2, 0.25) is 5.02 Å². The first kappa shape index (κ1) is 12.9. The molecule has 0 aliphatic rings. The minimum absolute atomic E-state index is 0.658. The first-order chi connectivity index (χ1) is 9.67. The highest BCUT2D eigenvalue weighted by Gasteiger charge is 2.08. The lowest BCUT2D eigenvalue weighted by Crippen LogP contribution is -2.10. The van der Waals surface area contributed by atoms with Crippen LogP contribution < -0.4 is 11.3 Å². The Hall–Kier alpha value is -2.10. The molecule has 3 N–H and O–H groups in total. The second kappa shape index (κ2) is 5.12. The lowest BCUT2D eigenvalue weighted by atomic mass is 10.0. The van der Waals surface area contributed by atoms with E-state index in [1.54, 1.807) is 0 Å². The first-order valence-corrected chi connectivity index (χ1v) is 6.69. The molecule has 0 saturated carbocycles. The zero-order valence-corrected chi connectivity index (χ0v) is 11.8. The van der Waals surface area contributed by atoms with Crippen molar-refractivity contribution >= 4 is 28.3 Å². The maximum Gasteiger partial charge on any atom is 0.148 e. The van der Waals surface area contributed by atoms with Gasteiger partial charge in [-0.1, -0.05) is 35.9 Å². The van der Waals surface area contributed by atoms with Crippen LogP contribution in [0.15, 0.2) is 48.5 Å². The number of hydrazine groups is 1. The van der Waals surface area contributed by atoms with Crippen molar-refractivity contribution in [3.63, 3.8) is 0 Å². The maximum absolute atomic E-state index is 5.93. The van der Waals surface area contributed by atoms with E-state index in [0.29, 0.717) is 10.8 Å². The lowest BCUT2D eigenvalue weighted by Gasteiger charge is -2.10. The molecule has 3 rings (SSSR count). The fraction of sp³-hybridized carbons (Fsp3) is 0.0625. The van der Waals surface area contributed by atoms with Crippen LogP contribution in [0.25, 0.3) is 22.0 Å². The fourth-order valence-electron chi connectivity index (χ4n) is 2.24. The third-order valence-corrected chi connectivity index (χ3v) is 3.52. The number of halogens is 1. The summed E-state index contributed by atoms with van der Waals surface area (Å²) < 4.78 is 0. The Bertz CT molecular complexity index is 767. The molecule has 0 radical (unpaired) electrons. The molecule has 1 aromatic heterocycles. The molecule has 3 aromatic rings. The number of pyridine rings is 1. The van der Waals surface area contributed by atoms with Crippen molar-refractivity contribution in [3.05, 3.63) is 59.1 Å². The molecule has 0 fully saturated rings. The molecule has 2 aromatic carbocycles. The van der Waals surface area contributed by atoms with Crippen molar-refractivity contribution in [2.75, 3.05) is 5.43 Å². The summed E-state index contributed by atoms with van der Waals surface area (Å²) in [6, 6.07) is 15.9. The summed E-state index contributed by atoms with van der Waals surface area (Å²) in [4.78, 5) is 4.58. The molecular weight excluding hydrogens is 270 g/mol. The number of aromatic nitrogens is 1. The molecule has 1 heterocycles. The van der Waals surface area contributed by atoms with E-state index in [2.05, 4.69) is 28.6 Å². The third kappa shape index (κ3) is 2.33. The first-order valence-electron chi connectivity index (χ1n) is 6.31. The number of nitrogen functional groups attached to an aromatic ring is 1. The van der Waals surface area contributed by atoms with Crippen molar-refractivity contribution in [1.82, 2.24) is 4.98 Å². The van der Waals surface area contributed by atoms with Crippen molar-refractivity contribution in [3.8, 4) is 11.1 Å². The zero-order chi connectivity index (χ0) is 14.1. The van der Waals surface area contributed by atoms with Gasteiger partial charge in [-0.05, 0) is 42.3 Å². The predicted molar refractivity (Wildman–Crippen MR) is 84.7 cm³/mol. The summed E-state index contributed by atoms with van der Waals surface area (Å²) >= 11 is 5.93. The number of fused-ring (bicyclic) bond motifs is 1. The van der Waals surface area contributed by atoms with Gasteiger partial charge in [0.2, 0.25) is 0 Å². The highest BCUT2D eigenvalue weighted by molar-refractivity contribution is 6.30. The van der Waals surface area contributed by atoms with Crippen molar-refractivity contribution in [1.29, 1.82) is 0 Å². The summed E-state index contributed by atoms with van der Waals surface area (Å²) in [6.45, 7) is 2.05. The Kier molecular flexibility index (Phi) is 3.30. The van der Waals surface area contributed by atoms with Gasteiger partial charge in [-0.3, -0.25) is 0 Å². The molecule has 4 heteroatoms. The normalized spacial score (nSPS) is 10.8. The standard InChI is InChI=1S/C16H14ClN3/c1-10-2-3-12-9-14(11-4-6-13(17)7-5-11)16(20-18)19-15(12)8-10/h2-9H,18H2,1H3,(H,19,20). The number of nitrogens with one attached hydrogen (secondary N) is 1. The summed E-state index contributed by atoms with van der Waals surface area (Å²) in [6.07, 6.45) is 0. The molecule has 0 aliphatic carbocycles. The molecule has 0 amide bonds. The highest BCUT2D eigenvalue weighted by Crippen LogP contribution is 2.30. The van der Waals surface area contributed by atoms with E-state index in [0.717, 1.165) is 22.0 Å². The van der Waals surface area contributed by atoms with Gasteiger partial charge in [0.25, 0.3) is 0 Å². The zero-order valence-electron chi connectivity index (χ0n) is 11.0. The topological polar surface area (TPSA) is 50.9 Å². The highest BCUT2D eigenvalue weighted by atomic mass is 35.5. The third-order valence-electron chi connectivity index (χ3n) is 3.27. The summed E-state index contributed by atoms with van der Waals surface area (Å²) in [5.74, 6) is 6.27. The number of benzene rings is 2. The molecule has 0 aliphatic heterocycles. The quantitative estimate of drug-likeness (QED) is 0.549. The lowest BCUT2D eigenvalue weighted by molar-refractivity contribution is 1.26. The number of nitrogens with two attached hydrogens (primary N) is 1. The van der Waals surface area contributed by atoms with Crippen LogP contribution in [-0.4, -0.2) is 4.98 Å². The fourth-order valence-corrected chi connectivity index (χ4v) is 2.36. The molecule has 0 saturated heterocycles. The van der Waals surface area contributed by atoms with Gasteiger partial charge >= 0.3 is 0 Å². The van der Waals surface area contributed by atoms with Crippen LogP contribution in [0.1, 0.15) is 5.56 Å². The maximum atomic E-state index is 5.93. The minimum atomic E-state index is 0.658. The summed E-state index contributed by atoms with van der Waals surface area (Å²) in [5, 5.41) is 1.79. The smallest absolute Gasteiger partial charge is 0.148 e. The molecule has 0 bridgehead atoms. The summed E-state index contributed by atoms with van der Waals surface area (Å²) in [7, 11) is 0. The second-order valence-electron chi connectivity index (χ2n) is 4.73. The van der Waals surface area contributed by atoms with Gasteiger partial charge in [-0.15, -0.1) is 0 Å². The van der Waals surface area contributed by atoms with E-state index in [-0.39, 0.29) is 0 Å². The number of nitrogens with zero attached hydrogens (tertiary/aromatic N) is 1. The number of rotatable bonds is 2. The van der Waals surface area contributed by atoms with Crippen molar-refractivity contribution in [2.24, 2.45) is 5.84 Å². The van der Waals surface area contributed by atoms with Crippen molar-refractivity contribution in [2.45, 2.75) is 6.92 Å². The molecule has 3 nitrogen and oxygen atoms in total. The molecule has 0 spiro atoms. The molecular formula is C16H14ClN3. The van der Waals surface area contributed by atoms with Crippen LogP contribution in [0.3, 0.4) is 0 Å². The van der Waals surface area contributed by atoms with E-state index in [9.17, 15) is 0 Å². The van der Waals surface area contributed by atoms with Crippen molar-refractivity contribution < 1.29 is 0 Å². The van der Waals surface area contributed by atoms with Gasteiger partial charge in [0, 0.05) is 16.0 Å². The van der Waals surface area contributed by atoms with E-state index in [1.165, 1.54) is 5.56 Å². The Morgan fingerprint density at radius 1 is 1.05 bits per heavy atom. The SMILES string of the molecule is Cc1ccc2cc(-c3ccc(Cl)cc3)c(NN)nc2c1. The van der Waals surface area contributed by atoms with Gasteiger partial charge in [0.1, 0.15) is 5.82 Å². The van der Waals surface area contributed by atoms with Gasteiger partial charge in [-0.25, -0.2) is 10.8 Å². The van der Waals surface area contributed by atoms with Gasteiger partial charge in [0.15, 0.2) is 0 Å². The van der Waals surface area contributed by atoms with E-state index in [1.807, 2.05) is 37.3 Å². The minimum Gasteiger partial charge on any atom is -0.308 e. The Balaban J connectivity index is 2.23. The predicted octanol–water partition coefficient (Wildman–Crippen LogP) is 4.15. The number of aryl methyl sites for hydroxylation is 1. The molecule has 100 valence electrons. The summed E-state index contributed by atoms with van der Waals surface area (Å²) in [5.41, 5.74) is 6.76. The van der Waals surface area contributed by atoms with Gasteiger partial charge < -0.3 is 5.43 Å². The molecule has 0 atom stereocenters. The van der Waals surface area contributed by atoms with Crippen LogP contribution in [0, 0.1) is 6.92 Å². The number of hydrogen-bond donors (Lipinski definition) is 2. The second-order valence-corrected chi connectivity index (χ2v) is 5.17. The largest absolute Gasteiger partial charge is 0.308 e. The van der Waals surface area contributed by atoms with Crippen LogP contribution >= 0.6 is 11.6 Å². The molecule has 0 unspecified atom stereocenters.